The van der Waals surface area contributed by atoms with Crippen LogP contribution in [0, 0.1) is 5.92 Å². The summed E-state index contributed by atoms with van der Waals surface area (Å²) in [6.07, 6.45) is 1.67. The highest BCUT2D eigenvalue weighted by Crippen LogP contribution is 2.32. The number of carbonyl (C=O) groups is 2. The summed E-state index contributed by atoms with van der Waals surface area (Å²) in [5, 5.41) is 12.5. The minimum Gasteiger partial charge on any atom is -0.391 e. The van der Waals surface area contributed by atoms with E-state index in [2.05, 4.69) is 5.32 Å². The number of nitrogens with one attached hydrogen (secondary N) is 1. The molecule has 1 saturated carbocycles. The molecule has 5 heteroatoms. The van der Waals surface area contributed by atoms with E-state index in [0.29, 0.717) is 23.7 Å². The minimum atomic E-state index is -0.428. The second-order valence-corrected chi connectivity index (χ2v) is 5.35. The Labute approximate surface area is 118 Å². The molecule has 1 aromatic carbocycles. The van der Waals surface area contributed by atoms with E-state index in [0.717, 1.165) is 12.8 Å². The highest BCUT2D eigenvalue weighted by molar-refractivity contribution is 5.95. The number of carbonyl (C=O) groups excluding carboxylic acids is 2. The Morgan fingerprint density at radius 3 is 2.45 bits per heavy atom. The van der Waals surface area contributed by atoms with E-state index in [4.69, 9.17) is 0 Å². The summed E-state index contributed by atoms with van der Waals surface area (Å²) in [6.45, 7) is 1.79. The first-order valence-corrected chi connectivity index (χ1v) is 6.78. The molecule has 0 radical (unpaired) electrons. The Morgan fingerprint density at radius 1 is 1.35 bits per heavy atom. The second kappa shape index (κ2) is 6.05. The van der Waals surface area contributed by atoms with Crippen LogP contribution in [0.4, 0.5) is 5.69 Å². The number of aliphatic hydroxyl groups is 1. The van der Waals surface area contributed by atoms with Crippen LogP contribution >= 0.6 is 0 Å². The standard InChI is InChI=1S/C15H20N2O3/c1-10(18)16-13-7-5-12(6-8-13)15(20)17(2)9-14(19)11-3-4-11/h5-8,11,14,19H,3-4,9H2,1-2H3,(H,16,18). The van der Waals surface area contributed by atoms with Crippen LogP contribution in [0.25, 0.3) is 0 Å². The monoisotopic (exact) mass is 276 g/mol. The van der Waals surface area contributed by atoms with Crippen LogP contribution in [0.15, 0.2) is 24.3 Å². The highest BCUT2D eigenvalue weighted by Gasteiger charge is 2.31. The molecular weight excluding hydrogens is 256 g/mol. The predicted molar refractivity (Wildman–Crippen MR) is 76.4 cm³/mol. The first-order valence-electron chi connectivity index (χ1n) is 6.78. The van der Waals surface area contributed by atoms with Gasteiger partial charge >= 0.3 is 0 Å². The maximum Gasteiger partial charge on any atom is 0.253 e. The molecule has 5 nitrogen and oxygen atoms in total. The van der Waals surface area contributed by atoms with Crippen LogP contribution in [-0.4, -0.2) is 41.5 Å². The summed E-state index contributed by atoms with van der Waals surface area (Å²) < 4.78 is 0. The molecule has 0 spiro atoms. The predicted octanol–water partition coefficient (Wildman–Crippen LogP) is 1.49. The van der Waals surface area contributed by atoms with Gasteiger partial charge in [0.15, 0.2) is 0 Å². The first kappa shape index (κ1) is 14.5. The number of nitrogens with zero attached hydrogens (tertiary/aromatic N) is 1. The largest absolute Gasteiger partial charge is 0.391 e. The number of hydrogen-bond acceptors (Lipinski definition) is 3. The minimum absolute atomic E-state index is 0.126. The average molecular weight is 276 g/mol. The summed E-state index contributed by atoms with van der Waals surface area (Å²) in [6, 6.07) is 6.74. The third kappa shape index (κ3) is 3.81. The van der Waals surface area contributed by atoms with E-state index in [9.17, 15) is 14.7 Å². The van der Waals surface area contributed by atoms with E-state index < -0.39 is 6.10 Å². The van der Waals surface area contributed by atoms with Crippen molar-refractivity contribution in [2.45, 2.75) is 25.9 Å². The molecule has 2 amide bonds. The Morgan fingerprint density at radius 2 is 1.95 bits per heavy atom. The summed E-state index contributed by atoms with van der Waals surface area (Å²) in [5.74, 6) is 0.0835. The zero-order valence-corrected chi connectivity index (χ0v) is 11.8. The number of hydrogen-bond donors (Lipinski definition) is 2. The molecule has 0 heterocycles. The molecule has 2 N–H and O–H groups in total. The van der Waals surface area contributed by atoms with E-state index in [1.54, 1.807) is 31.3 Å². The van der Waals surface area contributed by atoms with Gasteiger partial charge in [-0.15, -0.1) is 0 Å². The van der Waals surface area contributed by atoms with Crippen molar-refractivity contribution < 1.29 is 14.7 Å². The third-order valence-electron chi connectivity index (χ3n) is 3.43. The summed E-state index contributed by atoms with van der Waals surface area (Å²) in [7, 11) is 1.69. The fraction of sp³-hybridized carbons (Fsp3) is 0.467. The van der Waals surface area contributed by atoms with Gasteiger partial charge in [0, 0.05) is 31.8 Å². The Bertz CT molecular complexity index is 494. The van der Waals surface area contributed by atoms with Crippen molar-refractivity contribution in [3.05, 3.63) is 29.8 Å². The van der Waals surface area contributed by atoms with Crippen molar-refractivity contribution in [2.75, 3.05) is 18.9 Å². The first-order chi connectivity index (χ1) is 9.47. The maximum atomic E-state index is 12.2. The van der Waals surface area contributed by atoms with Crippen molar-refractivity contribution in [3.8, 4) is 0 Å². The zero-order chi connectivity index (χ0) is 14.7. The zero-order valence-electron chi connectivity index (χ0n) is 11.8. The van der Waals surface area contributed by atoms with Crippen LogP contribution in [-0.2, 0) is 4.79 Å². The molecule has 1 aliphatic rings. The van der Waals surface area contributed by atoms with Gasteiger partial charge in [-0.05, 0) is 43.0 Å². The Hall–Kier alpha value is -1.88. The SMILES string of the molecule is CC(=O)Nc1ccc(C(=O)N(C)CC(O)C2CC2)cc1. The number of benzene rings is 1. The van der Waals surface area contributed by atoms with Crippen molar-refractivity contribution in [1.29, 1.82) is 0 Å². The van der Waals surface area contributed by atoms with Crippen LogP contribution in [0.5, 0.6) is 0 Å². The number of rotatable bonds is 5. The lowest BCUT2D eigenvalue weighted by atomic mass is 10.1. The van der Waals surface area contributed by atoms with Gasteiger partial charge in [0.2, 0.25) is 5.91 Å². The van der Waals surface area contributed by atoms with Crippen molar-refractivity contribution in [1.82, 2.24) is 4.90 Å². The fourth-order valence-corrected chi connectivity index (χ4v) is 2.11. The molecule has 1 aliphatic carbocycles. The van der Waals surface area contributed by atoms with Gasteiger partial charge in [-0.25, -0.2) is 0 Å². The molecule has 0 aliphatic heterocycles. The van der Waals surface area contributed by atoms with E-state index in [1.807, 2.05) is 0 Å². The lowest BCUT2D eigenvalue weighted by molar-refractivity contribution is -0.114. The number of anilines is 1. The third-order valence-corrected chi connectivity index (χ3v) is 3.43. The Balaban J connectivity index is 1.95. The topological polar surface area (TPSA) is 69.6 Å². The van der Waals surface area contributed by atoms with Crippen LogP contribution in [0.2, 0.25) is 0 Å². The highest BCUT2D eigenvalue weighted by atomic mass is 16.3. The molecule has 2 rings (SSSR count). The van der Waals surface area contributed by atoms with Gasteiger partial charge in [0.05, 0.1) is 6.10 Å². The van der Waals surface area contributed by atoms with Crippen LogP contribution in [0.1, 0.15) is 30.1 Å². The fourth-order valence-electron chi connectivity index (χ4n) is 2.11. The number of likely N-dealkylation sites (N-methyl/N-ethyl adjacent to an activating group) is 1. The molecular formula is C15H20N2O3. The Kier molecular flexibility index (Phi) is 4.39. The van der Waals surface area contributed by atoms with E-state index in [-0.39, 0.29) is 11.8 Å². The normalized spacial score (nSPS) is 15.6. The van der Waals surface area contributed by atoms with Crippen molar-refractivity contribution in [3.63, 3.8) is 0 Å². The molecule has 0 saturated heterocycles. The molecule has 20 heavy (non-hydrogen) atoms. The maximum absolute atomic E-state index is 12.2. The molecule has 0 bridgehead atoms. The van der Waals surface area contributed by atoms with E-state index >= 15 is 0 Å². The van der Waals surface area contributed by atoms with Gasteiger partial charge < -0.3 is 15.3 Å². The van der Waals surface area contributed by atoms with Crippen LogP contribution in [0.3, 0.4) is 0 Å². The van der Waals surface area contributed by atoms with Gasteiger partial charge in [0.1, 0.15) is 0 Å². The molecule has 1 unspecified atom stereocenters. The van der Waals surface area contributed by atoms with Gasteiger partial charge in [0.25, 0.3) is 5.91 Å². The van der Waals surface area contributed by atoms with E-state index in [1.165, 1.54) is 11.8 Å². The lowest BCUT2D eigenvalue weighted by Gasteiger charge is -2.20. The summed E-state index contributed by atoms with van der Waals surface area (Å²) in [4.78, 5) is 24.6. The average Bonchev–Trinajstić information content (AvgIpc) is 3.22. The summed E-state index contributed by atoms with van der Waals surface area (Å²) in [5.41, 5.74) is 1.21. The molecule has 0 aromatic heterocycles. The molecule has 108 valence electrons. The smallest absolute Gasteiger partial charge is 0.253 e. The second-order valence-electron chi connectivity index (χ2n) is 5.35. The lowest BCUT2D eigenvalue weighted by Crippen LogP contribution is -2.35. The quantitative estimate of drug-likeness (QED) is 0.856. The van der Waals surface area contributed by atoms with Crippen LogP contribution < -0.4 is 5.32 Å². The van der Waals surface area contributed by atoms with Crippen molar-refractivity contribution >= 4 is 17.5 Å². The molecule has 1 fully saturated rings. The molecule has 1 atom stereocenters. The summed E-state index contributed by atoms with van der Waals surface area (Å²) >= 11 is 0. The van der Waals surface area contributed by atoms with Crippen molar-refractivity contribution in [2.24, 2.45) is 5.92 Å². The van der Waals surface area contributed by atoms with Gasteiger partial charge in [-0.2, -0.15) is 0 Å². The number of aliphatic hydroxyl groups excluding tert-OH is 1. The van der Waals surface area contributed by atoms with Gasteiger partial charge in [-0.1, -0.05) is 0 Å². The molecule has 1 aromatic rings. The van der Waals surface area contributed by atoms with Gasteiger partial charge in [-0.3, -0.25) is 9.59 Å². The number of amides is 2.